The fourth-order valence-corrected chi connectivity index (χ4v) is 3.80. The van der Waals surface area contributed by atoms with Gasteiger partial charge in [-0.25, -0.2) is 0 Å². The monoisotopic (exact) mass is 418 g/mol. The van der Waals surface area contributed by atoms with Crippen LogP contribution in [0.1, 0.15) is 48.5 Å². The lowest BCUT2D eigenvalue weighted by Gasteiger charge is -2.25. The summed E-state index contributed by atoms with van der Waals surface area (Å²) in [7, 11) is 1.76. The summed E-state index contributed by atoms with van der Waals surface area (Å²) in [5.74, 6) is -0.0880. The van der Waals surface area contributed by atoms with E-state index >= 15 is 0 Å². The molecule has 160 valence electrons. The van der Waals surface area contributed by atoms with E-state index in [2.05, 4.69) is 5.32 Å². The van der Waals surface area contributed by atoms with Gasteiger partial charge in [0, 0.05) is 31.1 Å². The van der Waals surface area contributed by atoms with Crippen LogP contribution in [0.4, 0.5) is 13.2 Å². The van der Waals surface area contributed by atoms with Crippen molar-refractivity contribution in [3.05, 3.63) is 59.7 Å². The molecule has 2 aromatic carbocycles. The number of nitrogens with one attached hydrogen (secondary N) is 1. The summed E-state index contributed by atoms with van der Waals surface area (Å²) in [5, 5.41) is 2.98. The number of hydrogen-bond donors (Lipinski definition) is 1. The van der Waals surface area contributed by atoms with Crippen molar-refractivity contribution < 1.29 is 22.8 Å². The van der Waals surface area contributed by atoms with E-state index in [1.54, 1.807) is 36.2 Å². The maximum Gasteiger partial charge on any atom is 0.416 e. The molecule has 4 nitrogen and oxygen atoms in total. The number of carbonyl (C=O) groups is 2. The molecule has 0 radical (unpaired) electrons. The first-order valence-electron chi connectivity index (χ1n) is 10.0. The molecule has 0 bridgehead atoms. The van der Waals surface area contributed by atoms with Gasteiger partial charge in [-0.1, -0.05) is 31.2 Å². The Morgan fingerprint density at radius 1 is 1.00 bits per heavy atom. The highest BCUT2D eigenvalue weighted by Crippen LogP contribution is 2.31. The second-order valence-electron chi connectivity index (χ2n) is 7.65. The molecule has 0 saturated heterocycles. The maximum absolute atomic E-state index is 12.8. The zero-order chi connectivity index (χ0) is 21.9. The van der Waals surface area contributed by atoms with Gasteiger partial charge in [0.1, 0.15) is 0 Å². The fourth-order valence-electron chi connectivity index (χ4n) is 3.80. The Morgan fingerprint density at radius 2 is 1.57 bits per heavy atom. The average Bonchev–Trinajstić information content (AvgIpc) is 3.20. The molecule has 0 heterocycles. The van der Waals surface area contributed by atoms with E-state index in [1.807, 2.05) is 6.92 Å². The summed E-state index contributed by atoms with van der Waals surface area (Å²) < 4.78 is 38.1. The van der Waals surface area contributed by atoms with Crippen molar-refractivity contribution in [2.45, 2.75) is 50.9 Å². The summed E-state index contributed by atoms with van der Waals surface area (Å²) in [6.45, 7) is 1.81. The predicted octanol–water partition coefficient (Wildman–Crippen LogP) is 4.89. The first-order valence-corrected chi connectivity index (χ1v) is 10.0. The molecule has 1 saturated carbocycles. The van der Waals surface area contributed by atoms with Gasteiger partial charge in [-0.3, -0.25) is 9.59 Å². The third-order valence-corrected chi connectivity index (χ3v) is 5.64. The van der Waals surface area contributed by atoms with Gasteiger partial charge < -0.3 is 10.2 Å². The first-order chi connectivity index (χ1) is 14.2. The number of alkyl halides is 3. The highest BCUT2D eigenvalue weighted by atomic mass is 19.4. The van der Waals surface area contributed by atoms with E-state index in [9.17, 15) is 22.8 Å². The van der Waals surface area contributed by atoms with Crippen LogP contribution in [0.25, 0.3) is 11.1 Å². The van der Waals surface area contributed by atoms with E-state index in [-0.39, 0.29) is 23.9 Å². The van der Waals surface area contributed by atoms with Gasteiger partial charge in [-0.2, -0.15) is 13.2 Å². The number of halogens is 3. The van der Waals surface area contributed by atoms with Gasteiger partial charge in [-0.15, -0.1) is 0 Å². The largest absolute Gasteiger partial charge is 0.416 e. The molecule has 1 N–H and O–H groups in total. The number of rotatable bonds is 5. The normalized spacial score (nSPS) is 18.8. The predicted molar refractivity (Wildman–Crippen MR) is 109 cm³/mol. The molecule has 30 heavy (non-hydrogen) atoms. The molecule has 0 aromatic heterocycles. The lowest BCUT2D eigenvalue weighted by Crippen LogP contribution is -2.38. The Bertz CT molecular complexity index is 892. The maximum atomic E-state index is 12.8. The van der Waals surface area contributed by atoms with Gasteiger partial charge in [0.2, 0.25) is 5.91 Å². The number of hydrogen-bond acceptors (Lipinski definition) is 2. The third kappa shape index (κ3) is 5.01. The molecule has 2 amide bonds. The standard InChI is InChI=1S/C23H25F3N2O2/c1-3-21(29)27-19-12-13-20(14-19)28(2)22(30)17-6-4-15(5-7-17)16-8-10-18(11-9-16)23(24,25)26/h4-11,19-20H,3,12-14H2,1-2H3,(H,27,29)/t19-,20+/m0/s1. The van der Waals surface area contributed by atoms with Crippen LogP contribution in [-0.2, 0) is 11.0 Å². The minimum atomic E-state index is -4.36. The summed E-state index contributed by atoms with van der Waals surface area (Å²) in [5.41, 5.74) is 1.23. The molecule has 2 atom stereocenters. The van der Waals surface area contributed by atoms with Crippen LogP contribution in [0.5, 0.6) is 0 Å². The highest BCUT2D eigenvalue weighted by Gasteiger charge is 2.31. The molecule has 3 rings (SSSR count). The van der Waals surface area contributed by atoms with Gasteiger partial charge in [0.05, 0.1) is 5.56 Å². The number of amides is 2. The lowest BCUT2D eigenvalue weighted by atomic mass is 10.0. The fraction of sp³-hybridized carbons (Fsp3) is 0.391. The van der Waals surface area contributed by atoms with Crippen LogP contribution in [0.3, 0.4) is 0 Å². The average molecular weight is 418 g/mol. The van der Waals surface area contributed by atoms with E-state index in [0.29, 0.717) is 17.5 Å². The van der Waals surface area contributed by atoms with Crippen molar-refractivity contribution in [1.82, 2.24) is 10.2 Å². The summed E-state index contributed by atoms with van der Waals surface area (Å²) >= 11 is 0. The minimum absolute atomic E-state index is 0.0217. The SMILES string of the molecule is CCC(=O)N[C@H]1CC[C@@H](N(C)C(=O)c2ccc(-c3ccc(C(F)(F)F)cc3)cc2)C1. The zero-order valence-corrected chi connectivity index (χ0v) is 17.0. The Labute approximate surface area is 174 Å². The van der Waals surface area contributed by atoms with Crippen LogP contribution in [0.2, 0.25) is 0 Å². The summed E-state index contributed by atoms with van der Waals surface area (Å²) in [4.78, 5) is 26.1. The zero-order valence-electron chi connectivity index (χ0n) is 17.0. The van der Waals surface area contributed by atoms with Crippen LogP contribution in [0.15, 0.2) is 48.5 Å². The second-order valence-corrected chi connectivity index (χ2v) is 7.65. The molecule has 1 aliphatic carbocycles. The van der Waals surface area contributed by atoms with Gasteiger partial charge in [-0.05, 0) is 54.7 Å². The Morgan fingerprint density at radius 3 is 2.10 bits per heavy atom. The molecule has 7 heteroatoms. The van der Waals surface area contributed by atoms with Gasteiger partial charge in [0.25, 0.3) is 5.91 Å². The van der Waals surface area contributed by atoms with Crippen LogP contribution >= 0.6 is 0 Å². The summed E-state index contributed by atoms with van der Waals surface area (Å²) in [6, 6.07) is 12.0. The van der Waals surface area contributed by atoms with Crippen molar-refractivity contribution in [1.29, 1.82) is 0 Å². The Hall–Kier alpha value is -2.83. The van der Waals surface area contributed by atoms with Crippen molar-refractivity contribution in [2.75, 3.05) is 7.05 Å². The molecular formula is C23H25F3N2O2. The van der Waals surface area contributed by atoms with E-state index in [0.717, 1.165) is 37.0 Å². The van der Waals surface area contributed by atoms with E-state index < -0.39 is 11.7 Å². The Balaban J connectivity index is 1.64. The van der Waals surface area contributed by atoms with Crippen molar-refractivity contribution >= 4 is 11.8 Å². The first kappa shape index (κ1) is 21.9. The number of benzene rings is 2. The smallest absolute Gasteiger partial charge is 0.353 e. The molecule has 1 aliphatic rings. The van der Waals surface area contributed by atoms with Crippen molar-refractivity contribution in [2.24, 2.45) is 0 Å². The molecule has 0 spiro atoms. The van der Waals surface area contributed by atoms with Gasteiger partial charge >= 0.3 is 6.18 Å². The topological polar surface area (TPSA) is 49.4 Å². The highest BCUT2D eigenvalue weighted by molar-refractivity contribution is 5.94. The summed E-state index contributed by atoms with van der Waals surface area (Å²) in [6.07, 6.45) is -1.50. The van der Waals surface area contributed by atoms with Gasteiger partial charge in [0.15, 0.2) is 0 Å². The van der Waals surface area contributed by atoms with Crippen LogP contribution in [-0.4, -0.2) is 35.8 Å². The van der Waals surface area contributed by atoms with Crippen molar-refractivity contribution in [3.8, 4) is 11.1 Å². The number of nitrogens with zero attached hydrogens (tertiary/aromatic N) is 1. The minimum Gasteiger partial charge on any atom is -0.353 e. The Kier molecular flexibility index (Phi) is 6.48. The lowest BCUT2D eigenvalue weighted by molar-refractivity contribution is -0.137. The molecule has 1 fully saturated rings. The molecule has 2 aromatic rings. The molecule has 0 unspecified atom stereocenters. The molecule has 0 aliphatic heterocycles. The number of carbonyl (C=O) groups excluding carboxylic acids is 2. The van der Waals surface area contributed by atoms with E-state index in [4.69, 9.17) is 0 Å². The second kappa shape index (κ2) is 8.90. The van der Waals surface area contributed by atoms with Crippen LogP contribution < -0.4 is 5.32 Å². The quantitative estimate of drug-likeness (QED) is 0.752. The molecular weight excluding hydrogens is 393 g/mol. The van der Waals surface area contributed by atoms with E-state index in [1.165, 1.54) is 12.1 Å². The van der Waals surface area contributed by atoms with Crippen LogP contribution in [0, 0.1) is 0 Å². The van der Waals surface area contributed by atoms with Crippen molar-refractivity contribution in [3.63, 3.8) is 0 Å². The third-order valence-electron chi connectivity index (χ3n) is 5.64.